The van der Waals surface area contributed by atoms with Crippen LogP contribution in [0.5, 0.6) is 0 Å². The van der Waals surface area contributed by atoms with E-state index in [0.717, 1.165) is 17.3 Å². The SMILES string of the molecule is Cc1cc(NC2CC2)nc(C2CC2)n1. The molecule has 74 valence electrons. The molecular formula is C11H15N3. The fourth-order valence-corrected chi connectivity index (χ4v) is 1.63. The van der Waals surface area contributed by atoms with Crippen molar-refractivity contribution in [1.29, 1.82) is 0 Å². The van der Waals surface area contributed by atoms with Crippen LogP contribution < -0.4 is 5.32 Å². The number of aromatic nitrogens is 2. The molecule has 0 saturated heterocycles. The number of rotatable bonds is 3. The highest BCUT2D eigenvalue weighted by molar-refractivity contribution is 5.39. The third kappa shape index (κ3) is 1.72. The van der Waals surface area contributed by atoms with Crippen LogP contribution in [0.4, 0.5) is 5.82 Å². The van der Waals surface area contributed by atoms with E-state index in [4.69, 9.17) is 0 Å². The smallest absolute Gasteiger partial charge is 0.134 e. The lowest BCUT2D eigenvalue weighted by Crippen LogP contribution is -2.06. The number of hydrogen-bond donors (Lipinski definition) is 1. The van der Waals surface area contributed by atoms with Crippen molar-refractivity contribution in [2.75, 3.05) is 5.32 Å². The summed E-state index contributed by atoms with van der Waals surface area (Å²) in [6.45, 7) is 2.05. The molecular weight excluding hydrogens is 174 g/mol. The summed E-state index contributed by atoms with van der Waals surface area (Å²) in [5, 5.41) is 3.43. The molecule has 1 heterocycles. The second-order valence-electron chi connectivity index (χ2n) is 4.45. The van der Waals surface area contributed by atoms with Crippen molar-refractivity contribution in [3.63, 3.8) is 0 Å². The first-order valence-electron chi connectivity index (χ1n) is 5.43. The number of nitrogens with zero attached hydrogens (tertiary/aromatic N) is 2. The fraction of sp³-hybridized carbons (Fsp3) is 0.636. The lowest BCUT2D eigenvalue weighted by atomic mass is 10.3. The third-order valence-corrected chi connectivity index (χ3v) is 2.74. The number of aryl methyl sites for hydroxylation is 1. The first-order chi connectivity index (χ1) is 6.81. The molecule has 3 heteroatoms. The van der Waals surface area contributed by atoms with Gasteiger partial charge in [-0.05, 0) is 32.6 Å². The van der Waals surface area contributed by atoms with Crippen molar-refractivity contribution in [3.8, 4) is 0 Å². The predicted octanol–water partition coefficient (Wildman–Crippen LogP) is 2.24. The van der Waals surface area contributed by atoms with E-state index in [1.807, 2.05) is 13.0 Å². The van der Waals surface area contributed by atoms with E-state index in [0.29, 0.717) is 12.0 Å². The third-order valence-electron chi connectivity index (χ3n) is 2.74. The van der Waals surface area contributed by atoms with E-state index in [9.17, 15) is 0 Å². The number of nitrogens with one attached hydrogen (secondary N) is 1. The van der Waals surface area contributed by atoms with Gasteiger partial charge in [-0.2, -0.15) is 0 Å². The molecule has 1 aromatic heterocycles. The Hall–Kier alpha value is -1.12. The summed E-state index contributed by atoms with van der Waals surface area (Å²) in [5.74, 6) is 2.73. The molecule has 0 unspecified atom stereocenters. The largest absolute Gasteiger partial charge is 0.367 e. The first kappa shape index (κ1) is 8.21. The van der Waals surface area contributed by atoms with Gasteiger partial charge in [0.2, 0.25) is 0 Å². The van der Waals surface area contributed by atoms with E-state index in [2.05, 4.69) is 15.3 Å². The van der Waals surface area contributed by atoms with E-state index in [1.165, 1.54) is 25.7 Å². The highest BCUT2D eigenvalue weighted by Gasteiger charge is 2.28. The molecule has 0 radical (unpaired) electrons. The Balaban J connectivity index is 1.85. The van der Waals surface area contributed by atoms with Crippen LogP contribution in [0.3, 0.4) is 0 Å². The second-order valence-corrected chi connectivity index (χ2v) is 4.45. The summed E-state index contributed by atoms with van der Waals surface area (Å²) >= 11 is 0. The number of hydrogen-bond acceptors (Lipinski definition) is 3. The Kier molecular flexibility index (Phi) is 1.72. The second kappa shape index (κ2) is 2.94. The molecule has 0 aliphatic heterocycles. The fourth-order valence-electron chi connectivity index (χ4n) is 1.63. The molecule has 1 N–H and O–H groups in total. The van der Waals surface area contributed by atoms with E-state index in [-0.39, 0.29) is 0 Å². The molecule has 1 aromatic rings. The topological polar surface area (TPSA) is 37.8 Å². The lowest BCUT2D eigenvalue weighted by Gasteiger charge is -2.06. The summed E-state index contributed by atoms with van der Waals surface area (Å²) in [7, 11) is 0. The molecule has 14 heavy (non-hydrogen) atoms. The van der Waals surface area contributed by atoms with Crippen molar-refractivity contribution in [3.05, 3.63) is 17.6 Å². The molecule has 2 saturated carbocycles. The van der Waals surface area contributed by atoms with Crippen LogP contribution in [-0.4, -0.2) is 16.0 Å². The maximum Gasteiger partial charge on any atom is 0.134 e. The van der Waals surface area contributed by atoms with Crippen molar-refractivity contribution >= 4 is 5.82 Å². The van der Waals surface area contributed by atoms with Gasteiger partial charge in [-0.3, -0.25) is 0 Å². The summed E-state index contributed by atoms with van der Waals surface area (Å²) in [6.07, 6.45) is 5.13. The highest BCUT2D eigenvalue weighted by Crippen LogP contribution is 2.38. The van der Waals surface area contributed by atoms with Crippen molar-refractivity contribution < 1.29 is 0 Å². The van der Waals surface area contributed by atoms with Gasteiger partial charge in [0, 0.05) is 23.7 Å². The molecule has 3 rings (SSSR count). The van der Waals surface area contributed by atoms with Gasteiger partial charge in [0.1, 0.15) is 11.6 Å². The maximum atomic E-state index is 4.55. The van der Waals surface area contributed by atoms with Gasteiger partial charge >= 0.3 is 0 Å². The van der Waals surface area contributed by atoms with Gasteiger partial charge in [-0.1, -0.05) is 0 Å². The summed E-state index contributed by atoms with van der Waals surface area (Å²) in [6, 6.07) is 2.72. The van der Waals surface area contributed by atoms with Crippen LogP contribution in [-0.2, 0) is 0 Å². The van der Waals surface area contributed by atoms with Gasteiger partial charge in [0.25, 0.3) is 0 Å². The van der Waals surface area contributed by atoms with Crippen LogP contribution in [0, 0.1) is 6.92 Å². The maximum absolute atomic E-state index is 4.55. The van der Waals surface area contributed by atoms with Gasteiger partial charge in [-0.15, -0.1) is 0 Å². The van der Waals surface area contributed by atoms with Gasteiger partial charge in [-0.25, -0.2) is 9.97 Å². The monoisotopic (exact) mass is 189 g/mol. The zero-order chi connectivity index (χ0) is 9.54. The Labute approximate surface area is 84.0 Å². The Morgan fingerprint density at radius 2 is 2.00 bits per heavy atom. The molecule has 2 aliphatic rings. The van der Waals surface area contributed by atoms with Crippen LogP contribution in [0.25, 0.3) is 0 Å². The van der Waals surface area contributed by atoms with Crippen LogP contribution >= 0.6 is 0 Å². The van der Waals surface area contributed by atoms with Gasteiger partial charge in [0.05, 0.1) is 0 Å². The predicted molar refractivity (Wildman–Crippen MR) is 55.4 cm³/mol. The Morgan fingerprint density at radius 1 is 1.21 bits per heavy atom. The average molecular weight is 189 g/mol. The lowest BCUT2D eigenvalue weighted by molar-refractivity contribution is 0.901. The first-order valence-corrected chi connectivity index (χ1v) is 5.43. The van der Waals surface area contributed by atoms with Gasteiger partial charge in [0.15, 0.2) is 0 Å². The van der Waals surface area contributed by atoms with Crippen LogP contribution in [0.15, 0.2) is 6.07 Å². The quantitative estimate of drug-likeness (QED) is 0.792. The molecule has 0 amide bonds. The highest BCUT2D eigenvalue weighted by atomic mass is 15.1. The summed E-state index contributed by atoms with van der Waals surface area (Å²) in [4.78, 5) is 9.03. The Bertz CT molecular complexity index is 354. The van der Waals surface area contributed by atoms with Crippen LogP contribution in [0.1, 0.15) is 43.1 Å². The zero-order valence-electron chi connectivity index (χ0n) is 8.45. The minimum atomic E-state index is 0.648. The molecule has 2 fully saturated rings. The van der Waals surface area contributed by atoms with E-state index in [1.54, 1.807) is 0 Å². The van der Waals surface area contributed by atoms with Crippen molar-refractivity contribution in [2.45, 2.75) is 44.6 Å². The molecule has 0 spiro atoms. The van der Waals surface area contributed by atoms with E-state index < -0.39 is 0 Å². The molecule has 0 bridgehead atoms. The zero-order valence-corrected chi connectivity index (χ0v) is 8.45. The summed E-state index contributed by atoms with van der Waals surface area (Å²) in [5.41, 5.74) is 1.09. The Morgan fingerprint density at radius 3 is 2.64 bits per heavy atom. The van der Waals surface area contributed by atoms with Crippen molar-refractivity contribution in [2.24, 2.45) is 0 Å². The molecule has 2 aliphatic carbocycles. The number of anilines is 1. The molecule has 0 aromatic carbocycles. The minimum absolute atomic E-state index is 0.648. The molecule has 3 nitrogen and oxygen atoms in total. The summed E-state index contributed by atoms with van der Waals surface area (Å²) < 4.78 is 0. The standard InChI is InChI=1S/C11H15N3/c1-7-6-10(13-9-4-5-9)14-11(12-7)8-2-3-8/h6,8-9H,2-5H2,1H3,(H,12,13,14). The van der Waals surface area contributed by atoms with E-state index >= 15 is 0 Å². The van der Waals surface area contributed by atoms with Crippen molar-refractivity contribution in [1.82, 2.24) is 9.97 Å². The normalized spacial score (nSPS) is 20.9. The van der Waals surface area contributed by atoms with Gasteiger partial charge < -0.3 is 5.32 Å². The average Bonchev–Trinajstić information content (AvgIpc) is 2.99. The molecule has 0 atom stereocenters. The minimum Gasteiger partial charge on any atom is -0.367 e. The van der Waals surface area contributed by atoms with Crippen LogP contribution in [0.2, 0.25) is 0 Å².